The molecular formula is C15H24N2O2. The minimum absolute atomic E-state index is 0.181. The van der Waals surface area contributed by atoms with Crippen LogP contribution < -0.4 is 11.1 Å². The zero-order chi connectivity index (χ0) is 14.7. The summed E-state index contributed by atoms with van der Waals surface area (Å²) in [5.41, 5.74) is 5.65. The summed E-state index contributed by atoms with van der Waals surface area (Å²) >= 11 is 0. The van der Waals surface area contributed by atoms with E-state index in [0.29, 0.717) is 0 Å². The number of benzene rings is 1. The second-order valence-electron chi connectivity index (χ2n) is 6.19. The van der Waals surface area contributed by atoms with Crippen LogP contribution in [-0.4, -0.2) is 23.7 Å². The van der Waals surface area contributed by atoms with E-state index in [0.717, 1.165) is 5.56 Å². The Morgan fingerprint density at radius 2 is 1.79 bits per heavy atom. The Kier molecular flexibility index (Phi) is 4.71. The summed E-state index contributed by atoms with van der Waals surface area (Å²) in [6, 6.07) is 8.77. The number of hydrogen-bond donors (Lipinski definition) is 3. The van der Waals surface area contributed by atoms with Gasteiger partial charge in [0, 0.05) is 0 Å². The number of aliphatic hydroxyl groups excluding tert-OH is 1. The van der Waals surface area contributed by atoms with Gasteiger partial charge in [0.1, 0.15) is 0 Å². The maximum atomic E-state index is 12.2. The summed E-state index contributed by atoms with van der Waals surface area (Å²) in [7, 11) is 0. The van der Waals surface area contributed by atoms with E-state index in [-0.39, 0.29) is 17.9 Å². The topological polar surface area (TPSA) is 75.3 Å². The molecule has 0 aliphatic carbocycles. The maximum Gasteiger partial charge on any atom is 0.238 e. The Bertz CT molecular complexity index is 426. The number of carbonyl (C=O) groups excluding carboxylic acids is 1. The van der Waals surface area contributed by atoms with E-state index in [2.05, 4.69) is 5.32 Å². The average molecular weight is 264 g/mol. The Labute approximate surface area is 115 Å². The van der Waals surface area contributed by atoms with Gasteiger partial charge in [-0.1, -0.05) is 51.1 Å². The Morgan fingerprint density at radius 1 is 1.26 bits per heavy atom. The third-order valence-electron chi connectivity index (χ3n) is 3.34. The van der Waals surface area contributed by atoms with Crippen LogP contribution in [-0.2, 0) is 10.3 Å². The predicted molar refractivity (Wildman–Crippen MR) is 76.5 cm³/mol. The molecule has 1 aromatic carbocycles. The summed E-state index contributed by atoms with van der Waals surface area (Å²) in [6.07, 6.45) is 0. The first kappa shape index (κ1) is 15.7. The molecule has 2 unspecified atom stereocenters. The molecule has 0 saturated carbocycles. The highest BCUT2D eigenvalue weighted by molar-refractivity contribution is 5.83. The summed E-state index contributed by atoms with van der Waals surface area (Å²) in [6.45, 7) is 7.34. The first-order chi connectivity index (χ1) is 8.70. The van der Waals surface area contributed by atoms with E-state index in [1.165, 1.54) is 0 Å². The van der Waals surface area contributed by atoms with Crippen LogP contribution in [0.5, 0.6) is 0 Å². The molecule has 0 spiro atoms. The highest BCUT2D eigenvalue weighted by atomic mass is 16.3. The summed E-state index contributed by atoms with van der Waals surface area (Å²) < 4.78 is 0. The lowest BCUT2D eigenvalue weighted by molar-refractivity contribution is -0.127. The molecular weight excluding hydrogens is 240 g/mol. The molecule has 4 heteroatoms. The zero-order valence-corrected chi connectivity index (χ0v) is 12.1. The Balaban J connectivity index is 2.91. The van der Waals surface area contributed by atoms with Crippen molar-refractivity contribution in [2.24, 2.45) is 11.1 Å². The molecule has 0 saturated heterocycles. The highest BCUT2D eigenvalue weighted by Crippen LogP contribution is 2.22. The second kappa shape index (κ2) is 5.72. The predicted octanol–water partition coefficient (Wildman–Crippen LogP) is 1.38. The minimum Gasteiger partial charge on any atom is -0.394 e. The van der Waals surface area contributed by atoms with Crippen LogP contribution >= 0.6 is 0 Å². The van der Waals surface area contributed by atoms with Gasteiger partial charge in [-0.25, -0.2) is 0 Å². The van der Waals surface area contributed by atoms with Crippen molar-refractivity contribution >= 4 is 5.91 Å². The molecule has 2 atom stereocenters. The van der Waals surface area contributed by atoms with Crippen molar-refractivity contribution in [3.8, 4) is 0 Å². The molecule has 0 radical (unpaired) electrons. The summed E-state index contributed by atoms with van der Waals surface area (Å²) in [5, 5.41) is 12.5. The standard InChI is InChI=1S/C15H24N2O2/c1-14(2,3)12(16)13(19)17-15(4,10-18)11-8-6-5-7-9-11/h5-9,12,18H,10,16H2,1-4H3,(H,17,19). The number of aliphatic hydroxyl groups is 1. The minimum atomic E-state index is -0.818. The van der Waals surface area contributed by atoms with Crippen LogP contribution in [0, 0.1) is 5.41 Å². The van der Waals surface area contributed by atoms with Crippen LogP contribution in [0.3, 0.4) is 0 Å². The van der Waals surface area contributed by atoms with Gasteiger partial charge in [0.2, 0.25) is 5.91 Å². The van der Waals surface area contributed by atoms with E-state index >= 15 is 0 Å². The van der Waals surface area contributed by atoms with E-state index in [1.807, 2.05) is 51.1 Å². The molecule has 0 aromatic heterocycles. The lowest BCUT2D eigenvalue weighted by Gasteiger charge is -2.33. The number of amides is 1. The zero-order valence-electron chi connectivity index (χ0n) is 12.1. The third kappa shape index (κ3) is 3.78. The fourth-order valence-corrected chi connectivity index (χ4v) is 1.75. The molecule has 0 aliphatic heterocycles. The van der Waals surface area contributed by atoms with Gasteiger partial charge in [0.05, 0.1) is 18.2 Å². The SMILES string of the molecule is CC(CO)(NC(=O)C(N)C(C)(C)C)c1ccccc1. The third-order valence-corrected chi connectivity index (χ3v) is 3.34. The van der Waals surface area contributed by atoms with E-state index in [9.17, 15) is 9.90 Å². The molecule has 1 amide bonds. The molecule has 0 bridgehead atoms. The van der Waals surface area contributed by atoms with Gasteiger partial charge < -0.3 is 16.2 Å². The van der Waals surface area contributed by atoms with Gasteiger partial charge in [0.15, 0.2) is 0 Å². The Morgan fingerprint density at radius 3 is 2.21 bits per heavy atom. The first-order valence-corrected chi connectivity index (χ1v) is 6.45. The molecule has 1 aromatic rings. The molecule has 0 heterocycles. The van der Waals surface area contributed by atoms with Crippen molar-refractivity contribution in [3.63, 3.8) is 0 Å². The number of carbonyl (C=O) groups is 1. The van der Waals surface area contributed by atoms with E-state index in [1.54, 1.807) is 6.92 Å². The van der Waals surface area contributed by atoms with Gasteiger partial charge in [-0.3, -0.25) is 4.79 Å². The second-order valence-corrected chi connectivity index (χ2v) is 6.19. The lowest BCUT2D eigenvalue weighted by atomic mass is 9.85. The normalized spacial score (nSPS) is 16.5. The average Bonchev–Trinajstić information content (AvgIpc) is 2.37. The summed E-state index contributed by atoms with van der Waals surface area (Å²) in [5.74, 6) is -0.257. The fourth-order valence-electron chi connectivity index (χ4n) is 1.75. The van der Waals surface area contributed by atoms with Crippen LogP contribution in [0.4, 0.5) is 0 Å². The molecule has 0 aliphatic rings. The van der Waals surface area contributed by atoms with Gasteiger partial charge in [-0.05, 0) is 17.9 Å². The van der Waals surface area contributed by atoms with Gasteiger partial charge in [0.25, 0.3) is 0 Å². The van der Waals surface area contributed by atoms with Crippen molar-refractivity contribution in [1.82, 2.24) is 5.32 Å². The molecule has 19 heavy (non-hydrogen) atoms. The van der Waals surface area contributed by atoms with Crippen LogP contribution in [0.1, 0.15) is 33.3 Å². The lowest BCUT2D eigenvalue weighted by Crippen LogP contribution is -2.55. The maximum absolute atomic E-state index is 12.2. The van der Waals surface area contributed by atoms with Gasteiger partial charge >= 0.3 is 0 Å². The highest BCUT2D eigenvalue weighted by Gasteiger charge is 2.33. The van der Waals surface area contributed by atoms with E-state index < -0.39 is 11.6 Å². The fraction of sp³-hybridized carbons (Fsp3) is 0.533. The van der Waals surface area contributed by atoms with Crippen molar-refractivity contribution in [1.29, 1.82) is 0 Å². The summed E-state index contributed by atoms with van der Waals surface area (Å²) in [4.78, 5) is 12.2. The quantitative estimate of drug-likeness (QED) is 0.769. The number of nitrogens with two attached hydrogens (primary N) is 1. The number of nitrogens with one attached hydrogen (secondary N) is 1. The van der Waals surface area contributed by atoms with Crippen molar-refractivity contribution in [3.05, 3.63) is 35.9 Å². The van der Waals surface area contributed by atoms with Crippen molar-refractivity contribution < 1.29 is 9.90 Å². The van der Waals surface area contributed by atoms with Crippen LogP contribution in [0.15, 0.2) is 30.3 Å². The molecule has 1 rings (SSSR count). The van der Waals surface area contributed by atoms with E-state index in [4.69, 9.17) is 5.73 Å². The number of rotatable bonds is 4. The first-order valence-electron chi connectivity index (χ1n) is 6.45. The van der Waals surface area contributed by atoms with Crippen molar-refractivity contribution in [2.75, 3.05) is 6.61 Å². The molecule has 0 fully saturated rings. The largest absolute Gasteiger partial charge is 0.394 e. The van der Waals surface area contributed by atoms with Crippen LogP contribution in [0.2, 0.25) is 0 Å². The molecule has 4 N–H and O–H groups in total. The van der Waals surface area contributed by atoms with Crippen molar-refractivity contribution in [2.45, 2.75) is 39.3 Å². The van der Waals surface area contributed by atoms with Crippen LogP contribution in [0.25, 0.3) is 0 Å². The molecule has 106 valence electrons. The van der Waals surface area contributed by atoms with Gasteiger partial charge in [-0.2, -0.15) is 0 Å². The number of hydrogen-bond acceptors (Lipinski definition) is 3. The van der Waals surface area contributed by atoms with Gasteiger partial charge in [-0.15, -0.1) is 0 Å². The molecule has 4 nitrogen and oxygen atoms in total. The monoisotopic (exact) mass is 264 g/mol. The Hall–Kier alpha value is -1.39. The smallest absolute Gasteiger partial charge is 0.238 e.